The highest BCUT2D eigenvalue weighted by atomic mass is 31.0. The first-order valence-electron chi connectivity index (χ1n) is 12.2. The van der Waals surface area contributed by atoms with Crippen LogP contribution in [-0.4, -0.2) is 16.4 Å². The van der Waals surface area contributed by atoms with Gasteiger partial charge in [0.25, 0.3) is 0 Å². The van der Waals surface area contributed by atoms with Crippen LogP contribution in [0.5, 0.6) is 0 Å². The summed E-state index contributed by atoms with van der Waals surface area (Å²) < 4.78 is 0. The van der Waals surface area contributed by atoms with Crippen LogP contribution < -0.4 is 0 Å². The minimum absolute atomic E-state index is 0.491. The summed E-state index contributed by atoms with van der Waals surface area (Å²) >= 11 is 0. The first-order chi connectivity index (χ1) is 13.7. The summed E-state index contributed by atoms with van der Waals surface area (Å²) in [5, 5.41) is 10.5. The molecule has 0 aliphatic heterocycles. The fourth-order valence-electron chi connectivity index (χ4n) is 4.25. The average Bonchev–Trinajstić information content (AvgIpc) is 2.65. The summed E-state index contributed by atoms with van der Waals surface area (Å²) in [6.07, 6.45) is 19.8. The van der Waals surface area contributed by atoms with E-state index in [2.05, 4.69) is 62.1 Å². The molecule has 0 spiro atoms. The Bertz CT molecular complexity index is 555. The van der Waals surface area contributed by atoms with Crippen molar-refractivity contribution in [2.45, 2.75) is 123 Å². The molecule has 5 atom stereocenters. The molecule has 29 heavy (non-hydrogen) atoms. The second-order valence-electron chi connectivity index (χ2n) is 10.0. The van der Waals surface area contributed by atoms with Gasteiger partial charge in [-0.25, -0.2) is 0 Å². The lowest BCUT2D eigenvalue weighted by molar-refractivity contribution is 0.0403. The van der Waals surface area contributed by atoms with Crippen molar-refractivity contribution in [2.24, 2.45) is 11.8 Å². The van der Waals surface area contributed by atoms with Crippen molar-refractivity contribution >= 4 is 9.24 Å². The maximum Gasteiger partial charge on any atom is 0.0622 e. The first kappa shape index (κ1) is 26.6. The van der Waals surface area contributed by atoms with E-state index in [0.29, 0.717) is 11.6 Å². The minimum Gasteiger partial charge on any atom is -0.390 e. The molecule has 0 aromatic heterocycles. The molecule has 1 rings (SSSR count). The third-order valence-corrected chi connectivity index (χ3v) is 7.94. The molecule has 0 aromatic rings. The van der Waals surface area contributed by atoms with Crippen molar-refractivity contribution in [1.82, 2.24) is 0 Å². The predicted molar refractivity (Wildman–Crippen MR) is 135 cm³/mol. The molecule has 168 valence electrons. The van der Waals surface area contributed by atoms with Crippen LogP contribution in [-0.2, 0) is 0 Å². The maximum absolute atomic E-state index is 10.5. The third-order valence-electron chi connectivity index (χ3n) is 6.93. The summed E-state index contributed by atoms with van der Waals surface area (Å²) in [6, 6.07) is 0. The van der Waals surface area contributed by atoms with Gasteiger partial charge < -0.3 is 5.11 Å². The van der Waals surface area contributed by atoms with Crippen LogP contribution in [0.2, 0.25) is 0 Å². The smallest absolute Gasteiger partial charge is 0.0622 e. The van der Waals surface area contributed by atoms with Crippen molar-refractivity contribution in [3.8, 4) is 0 Å². The zero-order chi connectivity index (χ0) is 21.9. The van der Waals surface area contributed by atoms with Crippen molar-refractivity contribution in [3.63, 3.8) is 0 Å². The molecule has 0 saturated heterocycles. The normalized spacial score (nSPS) is 23.4. The van der Waals surface area contributed by atoms with E-state index >= 15 is 0 Å². The van der Waals surface area contributed by atoms with Crippen molar-refractivity contribution in [1.29, 1.82) is 0 Å². The Kier molecular flexibility index (Phi) is 12.7. The molecule has 0 saturated carbocycles. The van der Waals surface area contributed by atoms with Gasteiger partial charge >= 0.3 is 0 Å². The van der Waals surface area contributed by atoms with E-state index in [4.69, 9.17) is 0 Å². The van der Waals surface area contributed by atoms with Crippen molar-refractivity contribution in [2.75, 3.05) is 0 Å². The highest BCUT2D eigenvalue weighted by Gasteiger charge is 2.21. The van der Waals surface area contributed by atoms with Gasteiger partial charge in [0, 0.05) is 5.66 Å². The van der Waals surface area contributed by atoms with Gasteiger partial charge in [-0.2, -0.15) is 0 Å². The molecule has 1 aliphatic carbocycles. The Morgan fingerprint density at radius 1 is 1.21 bits per heavy atom. The second kappa shape index (κ2) is 13.8. The van der Waals surface area contributed by atoms with Crippen molar-refractivity contribution < 1.29 is 5.11 Å². The molecule has 5 unspecified atom stereocenters. The van der Waals surface area contributed by atoms with Gasteiger partial charge in [-0.05, 0) is 77.6 Å². The van der Waals surface area contributed by atoms with Crippen LogP contribution in [0.3, 0.4) is 0 Å². The highest BCUT2D eigenvalue weighted by molar-refractivity contribution is 7.18. The van der Waals surface area contributed by atoms with Gasteiger partial charge in [-0.15, -0.1) is 9.24 Å². The van der Waals surface area contributed by atoms with Gasteiger partial charge in [-0.1, -0.05) is 81.4 Å². The summed E-state index contributed by atoms with van der Waals surface area (Å²) in [5.41, 5.74) is 4.75. The minimum atomic E-state index is -0.491. The number of rotatable bonds is 14. The summed E-state index contributed by atoms with van der Waals surface area (Å²) in [4.78, 5) is 0. The zero-order valence-electron chi connectivity index (χ0n) is 20.3. The molecule has 1 nitrogen and oxygen atoms in total. The average molecular weight is 421 g/mol. The molecule has 1 N–H and O–H groups in total. The quantitative estimate of drug-likeness (QED) is 0.170. The molecule has 1 aliphatic rings. The Labute approximate surface area is 184 Å². The van der Waals surface area contributed by atoms with Gasteiger partial charge in [0.05, 0.1) is 5.60 Å². The van der Waals surface area contributed by atoms with Crippen LogP contribution in [0, 0.1) is 11.8 Å². The Balaban J connectivity index is 2.23. The number of aliphatic hydroxyl groups is 1. The van der Waals surface area contributed by atoms with Crippen molar-refractivity contribution in [3.05, 3.63) is 34.9 Å². The summed E-state index contributed by atoms with van der Waals surface area (Å²) in [5.74, 6) is 1.46. The van der Waals surface area contributed by atoms with E-state index in [1.54, 1.807) is 5.57 Å². The molecule has 0 radical (unpaired) electrons. The van der Waals surface area contributed by atoms with E-state index in [1.807, 2.05) is 6.92 Å². The number of unbranched alkanes of at least 4 members (excludes halogenated alkanes) is 2. The highest BCUT2D eigenvalue weighted by Crippen LogP contribution is 2.34. The molecule has 0 aromatic carbocycles. The van der Waals surface area contributed by atoms with Crippen LogP contribution in [0.15, 0.2) is 34.9 Å². The molecule has 0 heterocycles. The number of allylic oxidation sites excluding steroid dienone is 6. The van der Waals surface area contributed by atoms with Gasteiger partial charge in [0.15, 0.2) is 0 Å². The second-order valence-corrected chi connectivity index (χ2v) is 10.8. The largest absolute Gasteiger partial charge is 0.390 e. The third kappa shape index (κ3) is 11.0. The lowest BCUT2D eigenvalue weighted by atomic mass is 9.85. The maximum atomic E-state index is 10.5. The van der Waals surface area contributed by atoms with E-state index in [0.717, 1.165) is 31.6 Å². The van der Waals surface area contributed by atoms with Crippen LogP contribution in [0.4, 0.5) is 0 Å². The monoisotopic (exact) mass is 420 g/mol. The molecular weight excluding hydrogens is 371 g/mol. The SMILES string of the molecule is CCCCCC(C)(O)CC/C=C(\C)CCCC(C)CCC1=CC=C(C)C(C)C1P. The summed E-state index contributed by atoms with van der Waals surface area (Å²) in [6.45, 7) is 13.5. The lowest BCUT2D eigenvalue weighted by Crippen LogP contribution is -2.23. The van der Waals surface area contributed by atoms with Gasteiger partial charge in [0.1, 0.15) is 0 Å². The predicted octanol–water partition coefficient (Wildman–Crippen LogP) is 8.40. The number of hydrogen-bond donors (Lipinski definition) is 1. The van der Waals surface area contributed by atoms with Gasteiger partial charge in [0.2, 0.25) is 0 Å². The van der Waals surface area contributed by atoms with E-state index < -0.39 is 5.60 Å². The first-order valence-corrected chi connectivity index (χ1v) is 12.8. The fraction of sp³-hybridized carbons (Fsp3) is 0.778. The lowest BCUT2D eigenvalue weighted by Gasteiger charge is -2.27. The van der Waals surface area contributed by atoms with Crippen LogP contribution >= 0.6 is 9.24 Å². The Morgan fingerprint density at radius 2 is 1.93 bits per heavy atom. The fourth-order valence-corrected chi connectivity index (χ4v) is 4.84. The van der Waals surface area contributed by atoms with E-state index in [9.17, 15) is 5.11 Å². The molecule has 0 amide bonds. The number of hydrogen-bond acceptors (Lipinski definition) is 1. The Hall–Kier alpha value is -0.390. The Morgan fingerprint density at radius 3 is 2.62 bits per heavy atom. The molecule has 0 bridgehead atoms. The molecule has 2 heteroatoms. The van der Waals surface area contributed by atoms with E-state index in [-0.39, 0.29) is 0 Å². The topological polar surface area (TPSA) is 20.2 Å². The standard InChI is InChI=1S/C27H49OP/c1-7-8-9-19-27(6,28)20-11-14-21(2)12-10-13-22(3)15-17-25-18-16-23(4)24(5)26(25)29/h14,16,18,22,24,26,28H,7-13,15,17,19-20,29H2,1-6H3/b21-14+. The van der Waals surface area contributed by atoms with Gasteiger partial charge in [-0.3, -0.25) is 0 Å². The van der Waals surface area contributed by atoms with Crippen LogP contribution in [0.25, 0.3) is 0 Å². The van der Waals surface area contributed by atoms with Crippen LogP contribution in [0.1, 0.15) is 112 Å². The molecule has 0 fully saturated rings. The summed E-state index contributed by atoms with van der Waals surface area (Å²) in [7, 11) is 3.07. The van der Waals surface area contributed by atoms with E-state index in [1.165, 1.54) is 56.1 Å². The molecular formula is C27H49OP. The zero-order valence-corrected chi connectivity index (χ0v) is 21.4.